The van der Waals surface area contributed by atoms with E-state index in [1.165, 1.54) is 12.1 Å². The van der Waals surface area contributed by atoms with E-state index in [2.05, 4.69) is 0 Å². The van der Waals surface area contributed by atoms with Crippen molar-refractivity contribution in [3.63, 3.8) is 0 Å². The van der Waals surface area contributed by atoms with Crippen molar-refractivity contribution in [2.45, 2.75) is 36.6 Å². The molecule has 7 heteroatoms. The number of hydrogen-bond donors (Lipinski definition) is 5. The van der Waals surface area contributed by atoms with Crippen LogP contribution in [0.15, 0.2) is 30.3 Å². The van der Waals surface area contributed by atoms with Crippen LogP contribution in [-0.2, 0) is 4.74 Å². The molecule has 2 unspecified atom stereocenters. The van der Waals surface area contributed by atoms with E-state index in [1.54, 1.807) is 18.2 Å². The number of rotatable bonds is 2. The van der Waals surface area contributed by atoms with Crippen molar-refractivity contribution < 1.29 is 35.1 Å². The van der Waals surface area contributed by atoms with Crippen LogP contribution < -0.4 is 0 Å². The van der Waals surface area contributed by atoms with E-state index in [9.17, 15) is 30.3 Å². The van der Waals surface area contributed by atoms with Crippen molar-refractivity contribution in [3.05, 3.63) is 35.9 Å². The van der Waals surface area contributed by atoms with Gasteiger partial charge in [-0.2, -0.15) is 0 Å². The van der Waals surface area contributed by atoms with E-state index < -0.39 is 42.6 Å². The number of esters is 1. The minimum Gasteiger partial charge on any atom is -0.453 e. The van der Waals surface area contributed by atoms with Gasteiger partial charge in [-0.25, -0.2) is 4.79 Å². The zero-order valence-corrected chi connectivity index (χ0v) is 10.4. The fraction of sp³-hybridized carbons (Fsp3) is 0.462. The number of carbonyl (C=O) groups is 1. The van der Waals surface area contributed by atoms with Gasteiger partial charge in [-0.1, -0.05) is 18.2 Å². The molecule has 1 aromatic rings. The quantitative estimate of drug-likeness (QED) is 0.399. The number of aliphatic hydroxyl groups is 5. The van der Waals surface area contributed by atoms with Crippen LogP contribution in [0.5, 0.6) is 0 Å². The Kier molecular flexibility index (Phi) is 4.36. The van der Waals surface area contributed by atoms with Crippen LogP contribution in [0.1, 0.15) is 10.4 Å². The summed E-state index contributed by atoms with van der Waals surface area (Å²) in [5.74, 6) is -0.815. The van der Waals surface area contributed by atoms with Crippen LogP contribution in [0, 0.1) is 0 Å². The van der Waals surface area contributed by atoms with Crippen molar-refractivity contribution in [2.75, 3.05) is 0 Å². The third kappa shape index (κ3) is 2.67. The van der Waals surface area contributed by atoms with Gasteiger partial charge in [-0.05, 0) is 12.1 Å². The van der Waals surface area contributed by atoms with Crippen LogP contribution in [0.4, 0.5) is 0 Å². The van der Waals surface area contributed by atoms with Crippen molar-refractivity contribution in [2.24, 2.45) is 0 Å². The van der Waals surface area contributed by atoms with Gasteiger partial charge in [0.15, 0.2) is 6.10 Å². The maximum atomic E-state index is 11.8. The maximum absolute atomic E-state index is 11.8. The number of carbonyl (C=O) groups excluding carboxylic acids is 1. The molecule has 0 aliphatic heterocycles. The third-order valence-corrected chi connectivity index (χ3v) is 3.33. The third-order valence-electron chi connectivity index (χ3n) is 3.33. The van der Waals surface area contributed by atoms with Crippen LogP contribution in [0.2, 0.25) is 0 Å². The fourth-order valence-corrected chi connectivity index (χ4v) is 2.10. The zero-order chi connectivity index (χ0) is 14.9. The number of aliphatic hydroxyl groups excluding tert-OH is 5. The van der Waals surface area contributed by atoms with E-state index in [0.29, 0.717) is 0 Å². The lowest BCUT2D eigenvalue weighted by Crippen LogP contribution is -2.64. The van der Waals surface area contributed by atoms with Gasteiger partial charge in [-0.3, -0.25) is 0 Å². The molecule has 0 aromatic heterocycles. The maximum Gasteiger partial charge on any atom is 0.338 e. The molecule has 1 fully saturated rings. The lowest BCUT2D eigenvalue weighted by atomic mass is 9.85. The minimum absolute atomic E-state index is 0.196. The Morgan fingerprint density at radius 3 is 1.75 bits per heavy atom. The Balaban J connectivity index is 2.13. The first-order valence-electron chi connectivity index (χ1n) is 6.10. The SMILES string of the molecule is O=C(OC1[C@@H](O)[C@H](O)C(O)[C@H](O)[C@H]1O)c1ccccc1. The van der Waals surface area contributed by atoms with E-state index in [-0.39, 0.29) is 5.56 Å². The summed E-state index contributed by atoms with van der Waals surface area (Å²) in [6.45, 7) is 0. The molecule has 0 spiro atoms. The summed E-state index contributed by atoms with van der Waals surface area (Å²) in [6, 6.07) is 7.87. The summed E-state index contributed by atoms with van der Waals surface area (Å²) in [5.41, 5.74) is 0.196. The second-order valence-corrected chi connectivity index (χ2v) is 4.69. The van der Waals surface area contributed by atoms with E-state index in [0.717, 1.165) is 0 Å². The lowest BCUT2D eigenvalue weighted by Gasteiger charge is -2.41. The van der Waals surface area contributed by atoms with Gasteiger partial charge in [-0.15, -0.1) is 0 Å². The summed E-state index contributed by atoms with van der Waals surface area (Å²) in [4.78, 5) is 11.8. The monoisotopic (exact) mass is 284 g/mol. The molecule has 110 valence electrons. The lowest BCUT2D eigenvalue weighted by molar-refractivity contribution is -0.223. The average molecular weight is 284 g/mol. The molecule has 6 atom stereocenters. The van der Waals surface area contributed by atoms with Gasteiger partial charge in [0.05, 0.1) is 5.56 Å². The minimum atomic E-state index is -1.72. The second-order valence-electron chi connectivity index (χ2n) is 4.69. The largest absolute Gasteiger partial charge is 0.453 e. The Morgan fingerprint density at radius 1 is 0.800 bits per heavy atom. The van der Waals surface area contributed by atoms with Crippen molar-refractivity contribution in [1.29, 1.82) is 0 Å². The molecule has 1 aromatic carbocycles. The average Bonchev–Trinajstić information content (AvgIpc) is 2.48. The first-order chi connectivity index (χ1) is 9.43. The summed E-state index contributed by atoms with van der Waals surface area (Å²) in [5, 5.41) is 47.9. The Hall–Kier alpha value is -1.51. The summed E-state index contributed by atoms with van der Waals surface area (Å²) in [7, 11) is 0. The standard InChI is InChI=1S/C13H16O7/c14-7-8(15)10(17)12(11(18)9(7)16)20-13(19)6-4-2-1-3-5-6/h1-5,7-12,14-18H/t7?,8-,9+,10+,11-,12?. The Labute approximate surface area is 114 Å². The van der Waals surface area contributed by atoms with E-state index in [1.807, 2.05) is 0 Å². The molecule has 0 saturated heterocycles. The molecule has 2 rings (SSSR count). The number of hydrogen-bond acceptors (Lipinski definition) is 7. The highest BCUT2D eigenvalue weighted by molar-refractivity contribution is 5.89. The Morgan fingerprint density at radius 2 is 1.25 bits per heavy atom. The molecule has 0 bridgehead atoms. The van der Waals surface area contributed by atoms with Crippen LogP contribution in [0.25, 0.3) is 0 Å². The highest BCUT2D eigenvalue weighted by Gasteiger charge is 2.50. The molecule has 1 aliphatic carbocycles. The van der Waals surface area contributed by atoms with Gasteiger partial charge in [0, 0.05) is 0 Å². The van der Waals surface area contributed by atoms with Gasteiger partial charge >= 0.3 is 5.97 Å². The molecule has 0 amide bonds. The first kappa shape index (κ1) is 14.9. The summed E-state index contributed by atoms with van der Waals surface area (Å²) in [6.07, 6.45) is -10.1. The van der Waals surface area contributed by atoms with E-state index in [4.69, 9.17) is 4.74 Å². The molecule has 1 aliphatic rings. The molecule has 7 nitrogen and oxygen atoms in total. The number of benzene rings is 1. The summed E-state index contributed by atoms with van der Waals surface area (Å²) >= 11 is 0. The predicted molar refractivity (Wildman–Crippen MR) is 65.7 cm³/mol. The fourth-order valence-electron chi connectivity index (χ4n) is 2.10. The summed E-state index contributed by atoms with van der Waals surface area (Å²) < 4.78 is 4.92. The normalized spacial score (nSPS) is 37.5. The van der Waals surface area contributed by atoms with Crippen LogP contribution in [0.3, 0.4) is 0 Å². The molecule has 20 heavy (non-hydrogen) atoms. The van der Waals surface area contributed by atoms with E-state index >= 15 is 0 Å². The molecular formula is C13H16O7. The zero-order valence-electron chi connectivity index (χ0n) is 10.4. The van der Waals surface area contributed by atoms with Crippen LogP contribution >= 0.6 is 0 Å². The van der Waals surface area contributed by atoms with Crippen molar-refractivity contribution in [3.8, 4) is 0 Å². The first-order valence-corrected chi connectivity index (χ1v) is 6.10. The number of ether oxygens (including phenoxy) is 1. The van der Waals surface area contributed by atoms with Crippen LogP contribution in [-0.4, -0.2) is 68.1 Å². The highest BCUT2D eigenvalue weighted by atomic mass is 16.6. The molecule has 0 radical (unpaired) electrons. The van der Waals surface area contributed by atoms with Gasteiger partial charge in [0.25, 0.3) is 0 Å². The second kappa shape index (κ2) is 5.86. The molecule has 0 heterocycles. The Bertz CT molecular complexity index is 447. The van der Waals surface area contributed by atoms with Gasteiger partial charge < -0.3 is 30.3 Å². The predicted octanol–water partition coefficient (Wildman–Crippen LogP) is -1.97. The topological polar surface area (TPSA) is 127 Å². The van der Waals surface area contributed by atoms with Crippen molar-refractivity contribution >= 4 is 5.97 Å². The van der Waals surface area contributed by atoms with Crippen molar-refractivity contribution in [1.82, 2.24) is 0 Å². The molecule has 5 N–H and O–H groups in total. The highest BCUT2D eigenvalue weighted by Crippen LogP contribution is 2.24. The van der Waals surface area contributed by atoms with Gasteiger partial charge in [0.2, 0.25) is 0 Å². The molecular weight excluding hydrogens is 268 g/mol. The smallest absolute Gasteiger partial charge is 0.338 e. The van der Waals surface area contributed by atoms with Gasteiger partial charge in [0.1, 0.15) is 30.5 Å². The molecule has 1 saturated carbocycles.